The quantitative estimate of drug-likeness (QED) is 0.830. The standard InChI is InChI=1S/C13H15FN4O/c1-3-11-12(7-18(2)17-11)16-13(19)9-6-8(15)4-5-10(9)14/h4-7H,3,15H2,1-2H3,(H,16,19). The number of rotatable bonds is 3. The number of aromatic nitrogens is 2. The fraction of sp³-hybridized carbons (Fsp3) is 0.231. The predicted octanol–water partition coefficient (Wildman–Crippen LogP) is 1.96. The number of anilines is 2. The number of benzene rings is 1. The van der Waals surface area contributed by atoms with Gasteiger partial charge in [0.15, 0.2) is 0 Å². The number of hydrogen-bond acceptors (Lipinski definition) is 3. The van der Waals surface area contributed by atoms with Crippen molar-refractivity contribution in [3.05, 3.63) is 41.5 Å². The van der Waals surface area contributed by atoms with E-state index >= 15 is 0 Å². The first kappa shape index (κ1) is 13.1. The van der Waals surface area contributed by atoms with Crippen molar-refractivity contribution in [1.82, 2.24) is 9.78 Å². The predicted molar refractivity (Wildman–Crippen MR) is 71.4 cm³/mol. The van der Waals surface area contributed by atoms with Crippen LogP contribution in [0.4, 0.5) is 15.8 Å². The second-order valence-electron chi connectivity index (χ2n) is 4.21. The minimum atomic E-state index is -0.603. The second-order valence-corrected chi connectivity index (χ2v) is 4.21. The maximum absolute atomic E-state index is 13.6. The highest BCUT2D eigenvalue weighted by atomic mass is 19.1. The molecule has 0 saturated carbocycles. The Bertz CT molecular complexity index is 621. The van der Waals surface area contributed by atoms with E-state index in [1.54, 1.807) is 17.9 Å². The van der Waals surface area contributed by atoms with Gasteiger partial charge in [0.1, 0.15) is 5.82 Å². The molecule has 1 aromatic heterocycles. The van der Waals surface area contributed by atoms with Crippen LogP contribution in [0.15, 0.2) is 24.4 Å². The fourth-order valence-corrected chi connectivity index (χ4v) is 1.81. The highest BCUT2D eigenvalue weighted by molar-refractivity contribution is 6.05. The molecule has 0 fully saturated rings. The molecule has 6 heteroatoms. The van der Waals surface area contributed by atoms with Crippen molar-refractivity contribution in [1.29, 1.82) is 0 Å². The van der Waals surface area contributed by atoms with Crippen LogP contribution >= 0.6 is 0 Å². The largest absolute Gasteiger partial charge is 0.399 e. The van der Waals surface area contributed by atoms with Crippen LogP contribution in [0.2, 0.25) is 0 Å². The number of nitrogens with one attached hydrogen (secondary N) is 1. The molecule has 100 valence electrons. The Balaban J connectivity index is 2.27. The van der Waals surface area contributed by atoms with Gasteiger partial charge in [0.25, 0.3) is 5.91 Å². The van der Waals surface area contributed by atoms with Gasteiger partial charge in [-0.15, -0.1) is 0 Å². The molecule has 5 nitrogen and oxygen atoms in total. The van der Waals surface area contributed by atoms with Crippen LogP contribution in [0.3, 0.4) is 0 Å². The maximum atomic E-state index is 13.6. The van der Waals surface area contributed by atoms with Crippen molar-refractivity contribution in [3.63, 3.8) is 0 Å². The van der Waals surface area contributed by atoms with Crippen LogP contribution in [0.1, 0.15) is 23.0 Å². The lowest BCUT2D eigenvalue weighted by Gasteiger charge is -2.06. The summed E-state index contributed by atoms with van der Waals surface area (Å²) in [5.74, 6) is -1.14. The Morgan fingerprint density at radius 1 is 1.53 bits per heavy atom. The van der Waals surface area contributed by atoms with E-state index in [-0.39, 0.29) is 5.56 Å². The Labute approximate surface area is 110 Å². The lowest BCUT2D eigenvalue weighted by molar-refractivity contribution is 0.102. The van der Waals surface area contributed by atoms with Gasteiger partial charge in [-0.25, -0.2) is 4.39 Å². The molecule has 0 spiro atoms. The van der Waals surface area contributed by atoms with E-state index in [2.05, 4.69) is 10.4 Å². The Morgan fingerprint density at radius 3 is 2.95 bits per heavy atom. The van der Waals surface area contributed by atoms with Crippen molar-refractivity contribution in [2.24, 2.45) is 7.05 Å². The summed E-state index contributed by atoms with van der Waals surface area (Å²) in [7, 11) is 1.76. The summed E-state index contributed by atoms with van der Waals surface area (Å²) in [5.41, 5.74) is 7.15. The smallest absolute Gasteiger partial charge is 0.258 e. The average molecular weight is 262 g/mol. The first-order valence-corrected chi connectivity index (χ1v) is 5.90. The number of amides is 1. The van der Waals surface area contributed by atoms with E-state index in [0.717, 1.165) is 5.69 Å². The van der Waals surface area contributed by atoms with Gasteiger partial charge < -0.3 is 11.1 Å². The van der Waals surface area contributed by atoms with Gasteiger partial charge >= 0.3 is 0 Å². The first-order chi connectivity index (χ1) is 9.01. The van der Waals surface area contributed by atoms with Crippen LogP contribution in [0.5, 0.6) is 0 Å². The third-order valence-corrected chi connectivity index (χ3v) is 2.72. The van der Waals surface area contributed by atoms with E-state index in [0.29, 0.717) is 17.8 Å². The number of aryl methyl sites for hydroxylation is 2. The van der Waals surface area contributed by atoms with Crippen molar-refractivity contribution in [2.75, 3.05) is 11.1 Å². The summed E-state index contributed by atoms with van der Waals surface area (Å²) in [4.78, 5) is 12.0. The molecule has 19 heavy (non-hydrogen) atoms. The van der Waals surface area contributed by atoms with Crippen molar-refractivity contribution in [3.8, 4) is 0 Å². The number of nitrogen functional groups attached to an aromatic ring is 1. The summed E-state index contributed by atoms with van der Waals surface area (Å²) < 4.78 is 15.2. The number of nitrogens with two attached hydrogens (primary N) is 1. The van der Waals surface area contributed by atoms with Gasteiger partial charge in [-0.05, 0) is 24.6 Å². The monoisotopic (exact) mass is 262 g/mol. The van der Waals surface area contributed by atoms with E-state index in [4.69, 9.17) is 5.73 Å². The van der Waals surface area contributed by atoms with E-state index in [1.807, 2.05) is 6.92 Å². The molecule has 0 aliphatic heterocycles. The number of carbonyl (C=O) groups excluding carboxylic acids is 1. The minimum Gasteiger partial charge on any atom is -0.399 e. The number of nitrogens with zero attached hydrogens (tertiary/aromatic N) is 2. The molecule has 0 aliphatic carbocycles. The topological polar surface area (TPSA) is 72.9 Å². The molecule has 1 aromatic carbocycles. The molecule has 1 amide bonds. The summed E-state index contributed by atoms with van der Waals surface area (Å²) in [5, 5.41) is 6.85. The Kier molecular flexibility index (Phi) is 3.50. The van der Waals surface area contributed by atoms with Gasteiger partial charge in [0.05, 0.1) is 16.9 Å². The number of hydrogen-bond donors (Lipinski definition) is 2. The van der Waals surface area contributed by atoms with Crippen LogP contribution in [-0.4, -0.2) is 15.7 Å². The first-order valence-electron chi connectivity index (χ1n) is 5.90. The molecule has 3 N–H and O–H groups in total. The van der Waals surface area contributed by atoms with E-state index < -0.39 is 11.7 Å². The van der Waals surface area contributed by atoms with Crippen molar-refractivity contribution >= 4 is 17.3 Å². The molecule has 0 aliphatic rings. The highest BCUT2D eigenvalue weighted by Crippen LogP contribution is 2.17. The molecule has 1 heterocycles. The zero-order valence-corrected chi connectivity index (χ0v) is 10.8. The number of carbonyl (C=O) groups is 1. The van der Waals surface area contributed by atoms with Gasteiger partial charge in [-0.2, -0.15) is 5.10 Å². The molecular formula is C13H15FN4O. The third-order valence-electron chi connectivity index (χ3n) is 2.72. The van der Waals surface area contributed by atoms with Crippen molar-refractivity contribution in [2.45, 2.75) is 13.3 Å². The average Bonchev–Trinajstić information content (AvgIpc) is 2.72. The van der Waals surface area contributed by atoms with E-state index in [9.17, 15) is 9.18 Å². The van der Waals surface area contributed by atoms with Gasteiger partial charge in [-0.1, -0.05) is 6.92 Å². The Hall–Kier alpha value is -2.37. The van der Waals surface area contributed by atoms with Crippen LogP contribution in [-0.2, 0) is 13.5 Å². The summed E-state index contributed by atoms with van der Waals surface area (Å²) >= 11 is 0. The van der Waals surface area contributed by atoms with Crippen LogP contribution in [0, 0.1) is 5.82 Å². The molecule has 0 bridgehead atoms. The lowest BCUT2D eigenvalue weighted by Crippen LogP contribution is -2.14. The summed E-state index contributed by atoms with van der Waals surface area (Å²) in [6.07, 6.45) is 2.36. The summed E-state index contributed by atoms with van der Waals surface area (Å²) in [6.45, 7) is 1.93. The molecule has 0 atom stereocenters. The molecule has 0 radical (unpaired) electrons. The SMILES string of the molecule is CCc1nn(C)cc1NC(=O)c1cc(N)ccc1F. The zero-order valence-electron chi connectivity index (χ0n) is 10.8. The summed E-state index contributed by atoms with van der Waals surface area (Å²) in [6, 6.07) is 3.90. The van der Waals surface area contributed by atoms with Gasteiger partial charge in [0, 0.05) is 18.9 Å². The maximum Gasteiger partial charge on any atom is 0.258 e. The zero-order chi connectivity index (χ0) is 14.0. The second kappa shape index (κ2) is 5.09. The van der Waals surface area contributed by atoms with Gasteiger partial charge in [-0.3, -0.25) is 9.48 Å². The Morgan fingerprint density at radius 2 is 2.26 bits per heavy atom. The molecule has 2 aromatic rings. The molecule has 0 unspecified atom stereocenters. The lowest BCUT2D eigenvalue weighted by atomic mass is 10.1. The molecule has 2 rings (SSSR count). The fourth-order valence-electron chi connectivity index (χ4n) is 1.81. The van der Waals surface area contributed by atoms with Gasteiger partial charge in [0.2, 0.25) is 0 Å². The van der Waals surface area contributed by atoms with E-state index in [1.165, 1.54) is 18.2 Å². The van der Waals surface area contributed by atoms with Crippen LogP contribution < -0.4 is 11.1 Å². The van der Waals surface area contributed by atoms with Crippen molar-refractivity contribution < 1.29 is 9.18 Å². The minimum absolute atomic E-state index is 0.0779. The number of halogens is 1. The molecular weight excluding hydrogens is 247 g/mol. The highest BCUT2D eigenvalue weighted by Gasteiger charge is 2.15. The molecule has 0 saturated heterocycles. The van der Waals surface area contributed by atoms with Crippen LogP contribution in [0.25, 0.3) is 0 Å². The third kappa shape index (κ3) is 2.73. The normalized spacial score (nSPS) is 10.5.